The zero-order chi connectivity index (χ0) is 36.2. The van der Waals surface area contributed by atoms with E-state index in [0.29, 0.717) is 17.9 Å². The Morgan fingerprint density at radius 2 is 1.76 bits per heavy atom. The second-order valence-corrected chi connectivity index (χ2v) is 18.3. The van der Waals surface area contributed by atoms with Crippen LogP contribution in [0.1, 0.15) is 133 Å². The maximum atomic E-state index is 14.8. The van der Waals surface area contributed by atoms with E-state index in [9.17, 15) is 24.9 Å². The van der Waals surface area contributed by atoms with Crippen molar-refractivity contribution in [3.05, 3.63) is 76.0 Å². The summed E-state index contributed by atoms with van der Waals surface area (Å²) in [6, 6.07) is 1.75. The molecule has 1 aromatic carbocycles. The van der Waals surface area contributed by atoms with Crippen molar-refractivity contribution < 1.29 is 29.6 Å². The summed E-state index contributed by atoms with van der Waals surface area (Å²) in [5.41, 5.74) is 5.80. The van der Waals surface area contributed by atoms with Gasteiger partial charge < -0.3 is 24.6 Å². The predicted octanol–water partition coefficient (Wildman–Crippen LogP) is 8.18. The minimum atomic E-state index is -0.950. The lowest BCUT2D eigenvalue weighted by molar-refractivity contribution is -0.144. The molecule has 3 N–H and O–H groups in total. The van der Waals surface area contributed by atoms with Crippen molar-refractivity contribution >= 4 is 28.2 Å². The Kier molecular flexibility index (Phi) is 6.91. The van der Waals surface area contributed by atoms with E-state index < -0.39 is 40.8 Å². The van der Waals surface area contributed by atoms with E-state index >= 15 is 0 Å². The van der Waals surface area contributed by atoms with E-state index in [4.69, 9.17) is 4.74 Å². The minimum Gasteiger partial charge on any atom is -0.478 e. The lowest BCUT2D eigenvalue weighted by atomic mass is 9.40. The number of rotatable bonds is 4. The van der Waals surface area contributed by atoms with Crippen LogP contribution < -0.4 is 0 Å². The number of ketones is 1. The standard InChI is InChI=1S/C43H53NO6/c1-21(2)33-36(47)31-30-24(27-20-39(4,5)50-40(6,7)32(27)35(30)46)19-25-26-18-23-13-14-28-41(8,16-11-12-22(3)38(48)49)29(45)15-17-42(28,9)43(23,10)37(26)44(33)34(25)31/h11-12,16,19-20,23,28-29,32-33,35,45-46H,1,13-15,17-18H2,2-10H3,(H,48,49)/b16-11-,22-12+. The Morgan fingerprint density at radius 1 is 1.06 bits per heavy atom. The first-order chi connectivity index (χ1) is 23.2. The number of ether oxygens (including phenoxy) is 1. The van der Waals surface area contributed by atoms with Gasteiger partial charge >= 0.3 is 5.97 Å². The number of hydrogen-bond donors (Lipinski definition) is 3. The first kappa shape index (κ1) is 33.9. The fraction of sp³-hybridized carbons (Fsp3) is 0.581. The topological polar surface area (TPSA) is 109 Å². The molecule has 9 atom stereocenters. The maximum Gasteiger partial charge on any atom is 0.331 e. The number of Topliss-reactive ketones (excluding diaryl/α,β-unsaturated/α-hetero) is 1. The van der Waals surface area contributed by atoms with Crippen LogP contribution >= 0.6 is 0 Å². The molecule has 9 unspecified atom stereocenters. The van der Waals surface area contributed by atoms with E-state index in [1.54, 1.807) is 13.0 Å². The number of allylic oxidation sites excluding steroid dienone is 3. The number of aliphatic hydroxyl groups is 2. The summed E-state index contributed by atoms with van der Waals surface area (Å²) >= 11 is 0. The molecule has 7 nitrogen and oxygen atoms in total. The molecule has 0 bridgehead atoms. The fourth-order valence-electron chi connectivity index (χ4n) is 12.6. The van der Waals surface area contributed by atoms with Gasteiger partial charge in [-0.05, 0) is 120 Å². The lowest BCUT2D eigenvalue weighted by Gasteiger charge is -2.64. The summed E-state index contributed by atoms with van der Waals surface area (Å²) in [5.74, 6) is -0.702. The van der Waals surface area contributed by atoms with Crippen molar-refractivity contribution in [1.29, 1.82) is 0 Å². The first-order valence-corrected chi connectivity index (χ1v) is 18.5. The van der Waals surface area contributed by atoms with Crippen LogP contribution in [0.2, 0.25) is 0 Å². The predicted molar refractivity (Wildman–Crippen MR) is 195 cm³/mol. The molecule has 50 heavy (non-hydrogen) atoms. The first-order valence-electron chi connectivity index (χ1n) is 18.5. The Labute approximate surface area is 295 Å². The van der Waals surface area contributed by atoms with Gasteiger partial charge in [-0.1, -0.05) is 51.2 Å². The van der Waals surface area contributed by atoms with Gasteiger partial charge in [0.1, 0.15) is 6.04 Å². The molecule has 2 saturated carbocycles. The Hall–Kier alpha value is -3.26. The molecule has 0 radical (unpaired) electrons. The normalized spacial score (nSPS) is 39.2. The highest BCUT2D eigenvalue weighted by atomic mass is 16.5. The van der Waals surface area contributed by atoms with Crippen LogP contribution in [0.4, 0.5) is 0 Å². The second-order valence-electron chi connectivity index (χ2n) is 18.3. The van der Waals surface area contributed by atoms with Crippen LogP contribution in [-0.4, -0.2) is 48.9 Å². The molecule has 2 aromatic rings. The molecule has 7 heteroatoms. The van der Waals surface area contributed by atoms with Gasteiger partial charge in [0.25, 0.3) is 0 Å². The third-order valence-corrected chi connectivity index (χ3v) is 14.8. The van der Waals surface area contributed by atoms with Gasteiger partial charge in [-0.15, -0.1) is 0 Å². The van der Waals surface area contributed by atoms with Crippen LogP contribution in [-0.2, 0) is 21.4 Å². The van der Waals surface area contributed by atoms with Crippen LogP contribution in [0.3, 0.4) is 0 Å². The molecular formula is C43H53NO6. The highest BCUT2D eigenvalue weighted by molar-refractivity contribution is 6.18. The van der Waals surface area contributed by atoms with Gasteiger partial charge in [-0.3, -0.25) is 4.79 Å². The number of hydrogen-bond acceptors (Lipinski definition) is 5. The third-order valence-electron chi connectivity index (χ3n) is 14.8. The van der Waals surface area contributed by atoms with Crippen molar-refractivity contribution in [2.75, 3.05) is 0 Å². The molecule has 0 saturated heterocycles. The van der Waals surface area contributed by atoms with E-state index in [0.717, 1.165) is 58.9 Å². The highest BCUT2D eigenvalue weighted by Crippen LogP contribution is 2.71. The van der Waals surface area contributed by atoms with E-state index in [-0.39, 0.29) is 34.0 Å². The highest BCUT2D eigenvalue weighted by Gasteiger charge is 2.67. The average Bonchev–Trinajstić information content (AvgIpc) is 3.67. The molecule has 8 rings (SSSR count). The number of carboxylic acid groups (broad SMARTS) is 1. The largest absolute Gasteiger partial charge is 0.478 e. The SMILES string of the molecule is C=C(C)C1C(=O)c2c3c(cc4c5c(n1c24)C1(C)C(CCC2C(C)(/C=C\C=C(/C)C(=O)O)C(O)CCC21C)C5)C1=CC(C)(C)OC(C)(C)C1C3O. The molecule has 6 aliphatic rings. The zero-order valence-corrected chi connectivity index (χ0v) is 31.1. The molecular weight excluding hydrogens is 626 g/mol. The van der Waals surface area contributed by atoms with E-state index in [1.807, 2.05) is 26.8 Å². The number of nitrogens with zero attached hydrogens (tertiary/aromatic N) is 1. The van der Waals surface area contributed by atoms with Crippen LogP contribution in [0.15, 0.2) is 48.1 Å². The molecule has 0 amide bonds. The number of aromatic nitrogens is 1. The lowest BCUT2D eigenvalue weighted by Crippen LogP contribution is -2.62. The number of benzene rings is 1. The van der Waals surface area contributed by atoms with Gasteiger partial charge in [-0.2, -0.15) is 0 Å². The van der Waals surface area contributed by atoms with Gasteiger partial charge in [0.05, 0.1) is 34.5 Å². The quantitative estimate of drug-likeness (QED) is 0.171. The number of aliphatic carboxylic acids is 1. The van der Waals surface area contributed by atoms with Gasteiger partial charge in [-0.25, -0.2) is 4.79 Å². The number of carbonyl (C=O) groups is 2. The fourth-order valence-corrected chi connectivity index (χ4v) is 12.6. The maximum absolute atomic E-state index is 14.8. The molecule has 3 heterocycles. The van der Waals surface area contributed by atoms with Gasteiger partial charge in [0.15, 0.2) is 5.78 Å². The van der Waals surface area contributed by atoms with Gasteiger partial charge in [0, 0.05) is 39.0 Å². The Balaban J connectivity index is 1.36. The van der Waals surface area contributed by atoms with Crippen LogP contribution in [0, 0.1) is 28.6 Å². The number of carboxylic acids is 1. The molecule has 1 aromatic heterocycles. The van der Waals surface area contributed by atoms with Gasteiger partial charge in [0.2, 0.25) is 0 Å². The Morgan fingerprint density at radius 3 is 2.42 bits per heavy atom. The summed E-state index contributed by atoms with van der Waals surface area (Å²) in [6.07, 6.45) is 10.7. The number of carbonyl (C=O) groups excluding carboxylic acids is 1. The minimum absolute atomic E-state index is 0.0189. The van der Waals surface area contributed by atoms with Crippen LogP contribution in [0.5, 0.6) is 0 Å². The van der Waals surface area contributed by atoms with Crippen molar-refractivity contribution in [3.8, 4) is 0 Å². The number of fused-ring (bicyclic) bond motifs is 11. The summed E-state index contributed by atoms with van der Waals surface area (Å²) in [5, 5.41) is 34.4. The zero-order valence-electron chi connectivity index (χ0n) is 31.1. The number of aliphatic hydroxyl groups excluding tert-OH is 2. The molecule has 266 valence electrons. The van der Waals surface area contributed by atoms with Crippen molar-refractivity contribution in [2.45, 2.75) is 129 Å². The smallest absolute Gasteiger partial charge is 0.331 e. The monoisotopic (exact) mass is 679 g/mol. The van der Waals surface area contributed by atoms with Crippen molar-refractivity contribution in [1.82, 2.24) is 4.57 Å². The second kappa shape index (κ2) is 10.2. The Bertz CT molecular complexity index is 2020. The van der Waals surface area contributed by atoms with Crippen LogP contribution in [0.25, 0.3) is 16.5 Å². The van der Waals surface area contributed by atoms with Crippen molar-refractivity contribution in [3.63, 3.8) is 0 Å². The van der Waals surface area contributed by atoms with E-state index in [1.165, 1.54) is 11.3 Å². The van der Waals surface area contributed by atoms with Crippen molar-refractivity contribution in [2.24, 2.45) is 28.6 Å². The molecule has 0 spiro atoms. The summed E-state index contributed by atoms with van der Waals surface area (Å²) < 4.78 is 8.86. The summed E-state index contributed by atoms with van der Waals surface area (Å²) in [6.45, 7) is 23.1. The molecule has 2 fully saturated rings. The molecule has 4 aliphatic carbocycles. The molecule has 2 aliphatic heterocycles. The summed E-state index contributed by atoms with van der Waals surface area (Å²) in [4.78, 5) is 26.4. The third kappa shape index (κ3) is 3.98. The van der Waals surface area contributed by atoms with E-state index in [2.05, 4.69) is 64.0 Å². The average molecular weight is 680 g/mol. The summed E-state index contributed by atoms with van der Waals surface area (Å²) in [7, 11) is 0.